The molecule has 0 aliphatic rings. The first-order valence-corrected chi connectivity index (χ1v) is 35.6. The standard InChI is InChI=1S/C72H139NO5/c1-3-5-7-9-11-13-15-17-18-19-20-29-32-35-38-41-44-48-52-56-60-64-70(75)69(68-74)73-71(76)65-61-57-53-49-45-42-39-36-33-30-27-25-23-21-22-24-26-28-31-34-37-40-43-47-51-55-59-63-67-78-72(77)66-62-58-54-50-46-16-14-12-10-8-6-4-2/h12,14,60,64,69-70,74-75H,3-11,13,15-59,61-63,65-68H2,1-2H3,(H,73,76)/b14-12-,64-60+. The van der Waals surface area contributed by atoms with Crippen LogP contribution < -0.4 is 5.32 Å². The van der Waals surface area contributed by atoms with Gasteiger partial charge in [-0.05, 0) is 57.8 Å². The first kappa shape index (κ1) is 76.3. The van der Waals surface area contributed by atoms with Crippen LogP contribution in [0.3, 0.4) is 0 Å². The predicted octanol–water partition coefficient (Wildman–Crippen LogP) is 22.9. The van der Waals surface area contributed by atoms with Gasteiger partial charge in [0, 0.05) is 12.8 Å². The molecule has 0 aromatic rings. The molecule has 2 atom stereocenters. The Morgan fingerprint density at radius 1 is 0.346 bits per heavy atom. The van der Waals surface area contributed by atoms with Crippen molar-refractivity contribution in [2.45, 2.75) is 411 Å². The Bertz CT molecular complexity index is 1220. The van der Waals surface area contributed by atoms with E-state index in [-0.39, 0.29) is 18.5 Å². The van der Waals surface area contributed by atoms with Gasteiger partial charge in [0.1, 0.15) is 0 Å². The molecule has 462 valence electrons. The van der Waals surface area contributed by atoms with E-state index in [0.717, 1.165) is 44.9 Å². The highest BCUT2D eigenvalue weighted by atomic mass is 16.5. The molecule has 0 bridgehead atoms. The number of carbonyl (C=O) groups excluding carboxylic acids is 2. The SMILES string of the molecule is CCCCC/C=C\CCCCCCCC(=O)OCCCCCCCCCCCCCCCCCCCCCCCCCCCCCCC(=O)NC(CO)C(O)/C=C/CCCCCCCCCCCCCCCCCCCCC. The molecule has 3 N–H and O–H groups in total. The highest BCUT2D eigenvalue weighted by molar-refractivity contribution is 5.76. The fourth-order valence-electron chi connectivity index (χ4n) is 11.3. The molecule has 0 radical (unpaired) electrons. The van der Waals surface area contributed by atoms with Crippen LogP contribution in [0.25, 0.3) is 0 Å². The topological polar surface area (TPSA) is 95.9 Å². The predicted molar refractivity (Wildman–Crippen MR) is 343 cm³/mol. The van der Waals surface area contributed by atoms with Crippen molar-refractivity contribution in [1.29, 1.82) is 0 Å². The fraction of sp³-hybridized carbons (Fsp3) is 0.917. The zero-order valence-corrected chi connectivity index (χ0v) is 52.9. The molecular formula is C72H139NO5. The molecule has 0 aromatic heterocycles. The fourth-order valence-corrected chi connectivity index (χ4v) is 11.3. The Hall–Kier alpha value is -1.66. The summed E-state index contributed by atoms with van der Waals surface area (Å²) >= 11 is 0. The summed E-state index contributed by atoms with van der Waals surface area (Å²) in [7, 11) is 0. The highest BCUT2D eigenvalue weighted by Gasteiger charge is 2.18. The normalized spacial score (nSPS) is 12.6. The van der Waals surface area contributed by atoms with Crippen LogP contribution in [0.4, 0.5) is 0 Å². The number of aliphatic hydroxyl groups is 2. The molecule has 0 saturated carbocycles. The third-order valence-corrected chi connectivity index (χ3v) is 16.7. The largest absolute Gasteiger partial charge is 0.466 e. The van der Waals surface area contributed by atoms with Crippen LogP contribution in [0, 0.1) is 0 Å². The van der Waals surface area contributed by atoms with Crippen molar-refractivity contribution in [3.8, 4) is 0 Å². The Balaban J connectivity index is 3.37. The minimum atomic E-state index is -0.843. The van der Waals surface area contributed by atoms with E-state index in [1.165, 1.54) is 327 Å². The number of carbonyl (C=O) groups is 2. The van der Waals surface area contributed by atoms with Gasteiger partial charge in [0.25, 0.3) is 0 Å². The maximum atomic E-state index is 12.5. The Labute approximate surface area is 488 Å². The molecule has 0 aromatic carbocycles. The van der Waals surface area contributed by atoms with Gasteiger partial charge in [-0.3, -0.25) is 9.59 Å². The number of hydrogen-bond donors (Lipinski definition) is 3. The van der Waals surface area contributed by atoms with E-state index in [4.69, 9.17) is 4.74 Å². The van der Waals surface area contributed by atoms with Crippen LogP contribution >= 0.6 is 0 Å². The third-order valence-electron chi connectivity index (χ3n) is 16.7. The van der Waals surface area contributed by atoms with Crippen LogP contribution in [0.5, 0.6) is 0 Å². The van der Waals surface area contributed by atoms with E-state index >= 15 is 0 Å². The van der Waals surface area contributed by atoms with Crippen molar-refractivity contribution < 1.29 is 24.5 Å². The highest BCUT2D eigenvalue weighted by Crippen LogP contribution is 2.19. The summed E-state index contributed by atoms with van der Waals surface area (Å²) in [6.45, 7) is 4.92. The quantitative estimate of drug-likeness (QED) is 0.0320. The van der Waals surface area contributed by atoms with Gasteiger partial charge in [-0.2, -0.15) is 0 Å². The molecular weight excluding hydrogens is 959 g/mol. The number of aliphatic hydroxyl groups excluding tert-OH is 2. The summed E-state index contributed by atoms with van der Waals surface area (Å²) in [6, 6.07) is -0.626. The third kappa shape index (κ3) is 63.5. The minimum absolute atomic E-state index is 0.00894. The maximum Gasteiger partial charge on any atom is 0.305 e. The molecule has 6 nitrogen and oxygen atoms in total. The second-order valence-electron chi connectivity index (χ2n) is 24.6. The maximum absolute atomic E-state index is 12.5. The first-order valence-electron chi connectivity index (χ1n) is 35.6. The lowest BCUT2D eigenvalue weighted by atomic mass is 10.0. The van der Waals surface area contributed by atoms with Gasteiger partial charge in [0.05, 0.1) is 25.4 Å². The zero-order valence-electron chi connectivity index (χ0n) is 52.9. The van der Waals surface area contributed by atoms with Gasteiger partial charge in [0.2, 0.25) is 5.91 Å². The Morgan fingerprint density at radius 2 is 0.603 bits per heavy atom. The first-order chi connectivity index (χ1) is 38.5. The van der Waals surface area contributed by atoms with E-state index in [9.17, 15) is 19.8 Å². The van der Waals surface area contributed by atoms with Gasteiger partial charge >= 0.3 is 5.97 Å². The number of esters is 1. The smallest absolute Gasteiger partial charge is 0.305 e. The lowest BCUT2D eigenvalue weighted by Gasteiger charge is -2.20. The van der Waals surface area contributed by atoms with E-state index in [1.54, 1.807) is 6.08 Å². The summed E-state index contributed by atoms with van der Waals surface area (Å²) in [4.78, 5) is 24.5. The monoisotopic (exact) mass is 1100 g/mol. The molecule has 1 amide bonds. The molecule has 0 aliphatic carbocycles. The van der Waals surface area contributed by atoms with E-state index in [2.05, 4.69) is 31.3 Å². The van der Waals surface area contributed by atoms with Crippen LogP contribution in [0.1, 0.15) is 399 Å². The molecule has 0 spiro atoms. The average Bonchev–Trinajstić information content (AvgIpc) is 3.44. The van der Waals surface area contributed by atoms with Crippen molar-refractivity contribution in [2.24, 2.45) is 0 Å². The summed E-state index contributed by atoms with van der Waals surface area (Å²) in [6.07, 6.45) is 85.5. The van der Waals surface area contributed by atoms with Gasteiger partial charge < -0.3 is 20.3 Å². The number of ether oxygens (including phenoxy) is 1. The number of hydrogen-bond acceptors (Lipinski definition) is 5. The number of rotatable bonds is 67. The van der Waals surface area contributed by atoms with E-state index < -0.39 is 12.1 Å². The second-order valence-corrected chi connectivity index (χ2v) is 24.6. The molecule has 0 heterocycles. The Morgan fingerprint density at radius 3 is 0.936 bits per heavy atom. The van der Waals surface area contributed by atoms with Gasteiger partial charge in [0.15, 0.2) is 0 Å². The van der Waals surface area contributed by atoms with Crippen LogP contribution in [-0.4, -0.2) is 47.4 Å². The van der Waals surface area contributed by atoms with Crippen molar-refractivity contribution in [3.63, 3.8) is 0 Å². The average molecular weight is 1100 g/mol. The van der Waals surface area contributed by atoms with Crippen molar-refractivity contribution in [2.75, 3.05) is 13.2 Å². The van der Waals surface area contributed by atoms with Gasteiger partial charge in [-0.1, -0.05) is 353 Å². The number of allylic oxidation sites excluding steroid dienone is 3. The van der Waals surface area contributed by atoms with Crippen LogP contribution in [-0.2, 0) is 14.3 Å². The zero-order chi connectivity index (χ0) is 56.4. The van der Waals surface area contributed by atoms with E-state index in [0.29, 0.717) is 19.4 Å². The molecule has 0 fully saturated rings. The van der Waals surface area contributed by atoms with Crippen molar-refractivity contribution in [1.82, 2.24) is 5.32 Å². The number of amides is 1. The molecule has 0 aliphatic heterocycles. The summed E-state index contributed by atoms with van der Waals surface area (Å²) in [5, 5.41) is 23.3. The molecule has 0 rings (SSSR count). The molecule has 78 heavy (non-hydrogen) atoms. The van der Waals surface area contributed by atoms with Crippen LogP contribution in [0.2, 0.25) is 0 Å². The van der Waals surface area contributed by atoms with Crippen molar-refractivity contribution >= 4 is 11.9 Å². The van der Waals surface area contributed by atoms with Gasteiger partial charge in [-0.15, -0.1) is 0 Å². The molecule has 2 unspecified atom stereocenters. The van der Waals surface area contributed by atoms with E-state index in [1.807, 2.05) is 6.08 Å². The second kappa shape index (κ2) is 67.8. The van der Waals surface area contributed by atoms with Crippen molar-refractivity contribution in [3.05, 3.63) is 24.3 Å². The summed E-state index contributed by atoms with van der Waals surface area (Å²) in [5.74, 6) is -0.0517. The lowest BCUT2D eigenvalue weighted by molar-refractivity contribution is -0.143. The Kier molecular flexibility index (Phi) is 66.4. The minimum Gasteiger partial charge on any atom is -0.466 e. The van der Waals surface area contributed by atoms with Crippen LogP contribution in [0.15, 0.2) is 24.3 Å². The lowest BCUT2D eigenvalue weighted by Crippen LogP contribution is -2.45. The molecule has 6 heteroatoms. The molecule has 0 saturated heterocycles. The van der Waals surface area contributed by atoms with Gasteiger partial charge in [-0.25, -0.2) is 0 Å². The summed E-state index contributed by atoms with van der Waals surface area (Å²) in [5.41, 5.74) is 0. The number of nitrogens with one attached hydrogen (secondary N) is 1. The number of unbranched alkanes of at least 4 members (excludes halogenated alkanes) is 54. The summed E-state index contributed by atoms with van der Waals surface area (Å²) < 4.78 is 5.48.